The maximum Gasteiger partial charge on any atom is 0.314 e. The number of piperidine rings is 1. The number of carbonyl (C=O) groups is 1. The summed E-state index contributed by atoms with van der Waals surface area (Å²) in [7, 11) is 0. The van der Waals surface area contributed by atoms with Crippen LogP contribution in [0.1, 0.15) is 24.3 Å². The molecule has 1 aliphatic rings. The molecule has 2 amide bonds. The van der Waals surface area contributed by atoms with Gasteiger partial charge in [0, 0.05) is 18.8 Å². The molecule has 2 rings (SSSR count). The third-order valence-electron chi connectivity index (χ3n) is 3.21. The Kier molecular flexibility index (Phi) is 2.99. The van der Waals surface area contributed by atoms with Gasteiger partial charge in [0.25, 0.3) is 0 Å². The Labute approximate surface area is 95.2 Å². The molecule has 0 saturated carbocycles. The molecule has 0 radical (unpaired) electrons. The van der Waals surface area contributed by atoms with E-state index in [1.165, 1.54) is 5.56 Å². The number of nitrogens with two attached hydrogens (primary N) is 2. The number of primary amides is 1. The minimum atomic E-state index is -0.309. The van der Waals surface area contributed by atoms with Crippen molar-refractivity contribution in [3.05, 3.63) is 29.8 Å². The van der Waals surface area contributed by atoms with Gasteiger partial charge in [0.15, 0.2) is 0 Å². The first-order valence-corrected chi connectivity index (χ1v) is 5.56. The zero-order chi connectivity index (χ0) is 11.5. The van der Waals surface area contributed by atoms with Crippen LogP contribution < -0.4 is 11.5 Å². The van der Waals surface area contributed by atoms with Crippen LogP contribution >= 0.6 is 0 Å². The number of amides is 2. The summed E-state index contributed by atoms with van der Waals surface area (Å²) >= 11 is 0. The second kappa shape index (κ2) is 4.43. The van der Waals surface area contributed by atoms with Crippen molar-refractivity contribution in [1.29, 1.82) is 0 Å². The topological polar surface area (TPSA) is 72.4 Å². The maximum absolute atomic E-state index is 11.0. The fraction of sp³-hybridized carbons (Fsp3) is 0.417. The number of urea groups is 1. The van der Waals surface area contributed by atoms with Crippen molar-refractivity contribution in [3.8, 4) is 0 Å². The molecular weight excluding hydrogens is 202 g/mol. The Morgan fingerprint density at radius 3 is 2.25 bits per heavy atom. The SMILES string of the molecule is NC(=O)N1CCC(c2ccc(N)cc2)CC1. The van der Waals surface area contributed by atoms with Crippen LogP contribution in [0.2, 0.25) is 0 Å². The maximum atomic E-state index is 11.0. The highest BCUT2D eigenvalue weighted by molar-refractivity contribution is 5.72. The van der Waals surface area contributed by atoms with Gasteiger partial charge in [-0.3, -0.25) is 0 Å². The van der Waals surface area contributed by atoms with Crippen LogP contribution in [0.4, 0.5) is 10.5 Å². The van der Waals surface area contributed by atoms with Crippen LogP contribution in [0.3, 0.4) is 0 Å². The van der Waals surface area contributed by atoms with Crippen LogP contribution in [-0.4, -0.2) is 24.0 Å². The Balaban J connectivity index is 1.99. The summed E-state index contributed by atoms with van der Waals surface area (Å²) < 4.78 is 0. The average molecular weight is 219 g/mol. The molecule has 1 aromatic carbocycles. The first-order chi connectivity index (χ1) is 7.66. The van der Waals surface area contributed by atoms with Crippen LogP contribution in [0.15, 0.2) is 24.3 Å². The smallest absolute Gasteiger partial charge is 0.314 e. The number of nitrogen functional groups attached to an aromatic ring is 1. The molecule has 0 spiro atoms. The van der Waals surface area contributed by atoms with Gasteiger partial charge in [-0.1, -0.05) is 12.1 Å². The zero-order valence-electron chi connectivity index (χ0n) is 9.23. The van der Waals surface area contributed by atoms with Crippen molar-refractivity contribution < 1.29 is 4.79 Å². The van der Waals surface area contributed by atoms with E-state index in [0.29, 0.717) is 5.92 Å². The van der Waals surface area contributed by atoms with Gasteiger partial charge in [0.1, 0.15) is 0 Å². The number of carbonyl (C=O) groups excluding carboxylic acids is 1. The molecule has 16 heavy (non-hydrogen) atoms. The third-order valence-corrected chi connectivity index (χ3v) is 3.21. The van der Waals surface area contributed by atoms with Gasteiger partial charge in [-0.2, -0.15) is 0 Å². The Morgan fingerprint density at radius 1 is 1.19 bits per heavy atom. The minimum absolute atomic E-state index is 0.309. The number of benzene rings is 1. The summed E-state index contributed by atoms with van der Waals surface area (Å²) in [5, 5.41) is 0. The predicted molar refractivity (Wildman–Crippen MR) is 64.0 cm³/mol. The molecule has 4 N–H and O–H groups in total. The number of hydrogen-bond acceptors (Lipinski definition) is 2. The van der Waals surface area contributed by atoms with Crippen LogP contribution in [0, 0.1) is 0 Å². The van der Waals surface area contributed by atoms with E-state index < -0.39 is 0 Å². The summed E-state index contributed by atoms with van der Waals surface area (Å²) in [6.07, 6.45) is 1.96. The van der Waals surface area contributed by atoms with Crippen LogP contribution in [0.25, 0.3) is 0 Å². The summed E-state index contributed by atoms with van der Waals surface area (Å²) in [5.41, 5.74) is 13.0. The highest BCUT2D eigenvalue weighted by atomic mass is 16.2. The molecule has 0 bridgehead atoms. The molecule has 1 saturated heterocycles. The van der Waals surface area contributed by atoms with E-state index >= 15 is 0 Å². The first-order valence-electron chi connectivity index (χ1n) is 5.56. The molecule has 0 aromatic heterocycles. The Morgan fingerprint density at radius 2 is 1.75 bits per heavy atom. The van der Waals surface area contributed by atoms with Crippen molar-refractivity contribution in [3.63, 3.8) is 0 Å². The van der Waals surface area contributed by atoms with Crippen LogP contribution in [-0.2, 0) is 0 Å². The van der Waals surface area contributed by atoms with Crippen LogP contribution in [0.5, 0.6) is 0 Å². The Hall–Kier alpha value is -1.71. The summed E-state index contributed by atoms with van der Waals surface area (Å²) in [4.78, 5) is 12.7. The molecular formula is C12H17N3O. The lowest BCUT2D eigenvalue weighted by atomic mass is 9.89. The standard InChI is InChI=1S/C12H17N3O/c13-11-3-1-9(2-4-11)10-5-7-15(8-6-10)12(14)16/h1-4,10H,5-8,13H2,(H2,14,16). The van der Waals surface area contributed by atoms with Gasteiger partial charge in [-0.25, -0.2) is 4.79 Å². The van der Waals surface area contributed by atoms with E-state index in [-0.39, 0.29) is 6.03 Å². The Bertz CT molecular complexity index is 366. The van der Waals surface area contributed by atoms with E-state index in [4.69, 9.17) is 11.5 Å². The fourth-order valence-corrected chi connectivity index (χ4v) is 2.20. The molecule has 1 heterocycles. The van der Waals surface area contributed by atoms with Crippen molar-refractivity contribution in [2.75, 3.05) is 18.8 Å². The quantitative estimate of drug-likeness (QED) is 0.703. The lowest BCUT2D eigenvalue weighted by Crippen LogP contribution is -2.41. The average Bonchev–Trinajstić information content (AvgIpc) is 2.30. The summed E-state index contributed by atoms with van der Waals surface area (Å²) in [5.74, 6) is 0.524. The number of hydrogen-bond donors (Lipinski definition) is 2. The van der Waals surface area contributed by atoms with E-state index in [1.54, 1.807) is 4.90 Å². The van der Waals surface area contributed by atoms with Crippen molar-refractivity contribution >= 4 is 11.7 Å². The number of anilines is 1. The molecule has 86 valence electrons. The van der Waals surface area contributed by atoms with E-state index in [2.05, 4.69) is 12.1 Å². The van der Waals surface area contributed by atoms with Gasteiger partial charge in [-0.15, -0.1) is 0 Å². The normalized spacial score (nSPS) is 17.4. The molecule has 1 aromatic rings. The summed E-state index contributed by atoms with van der Waals surface area (Å²) in [6, 6.07) is 7.68. The summed E-state index contributed by atoms with van der Waals surface area (Å²) in [6.45, 7) is 1.51. The van der Waals surface area contributed by atoms with Crippen molar-refractivity contribution in [1.82, 2.24) is 4.90 Å². The molecule has 4 heteroatoms. The van der Waals surface area contributed by atoms with Gasteiger partial charge in [-0.05, 0) is 36.5 Å². The fourth-order valence-electron chi connectivity index (χ4n) is 2.20. The van der Waals surface area contributed by atoms with E-state index in [0.717, 1.165) is 31.6 Å². The molecule has 1 aliphatic heterocycles. The highest BCUT2D eigenvalue weighted by Gasteiger charge is 2.21. The minimum Gasteiger partial charge on any atom is -0.399 e. The largest absolute Gasteiger partial charge is 0.399 e. The number of nitrogens with zero attached hydrogens (tertiary/aromatic N) is 1. The molecule has 0 unspecified atom stereocenters. The van der Waals surface area contributed by atoms with Crippen molar-refractivity contribution in [2.45, 2.75) is 18.8 Å². The molecule has 0 atom stereocenters. The monoisotopic (exact) mass is 219 g/mol. The van der Waals surface area contributed by atoms with Gasteiger partial charge >= 0.3 is 6.03 Å². The number of likely N-dealkylation sites (tertiary alicyclic amines) is 1. The first kappa shape index (κ1) is 10.8. The van der Waals surface area contributed by atoms with Gasteiger partial charge < -0.3 is 16.4 Å². The molecule has 0 aliphatic carbocycles. The predicted octanol–water partition coefficient (Wildman–Crippen LogP) is 1.53. The second-order valence-corrected chi connectivity index (χ2v) is 4.27. The lowest BCUT2D eigenvalue weighted by Gasteiger charge is -2.31. The molecule has 1 fully saturated rings. The van der Waals surface area contributed by atoms with Gasteiger partial charge in [0.05, 0.1) is 0 Å². The number of rotatable bonds is 1. The third kappa shape index (κ3) is 2.27. The highest BCUT2D eigenvalue weighted by Crippen LogP contribution is 2.28. The zero-order valence-corrected chi connectivity index (χ0v) is 9.23. The van der Waals surface area contributed by atoms with E-state index in [9.17, 15) is 4.79 Å². The molecule has 4 nitrogen and oxygen atoms in total. The van der Waals surface area contributed by atoms with Gasteiger partial charge in [0.2, 0.25) is 0 Å². The second-order valence-electron chi connectivity index (χ2n) is 4.27. The lowest BCUT2D eigenvalue weighted by molar-refractivity contribution is 0.190. The van der Waals surface area contributed by atoms with E-state index in [1.807, 2.05) is 12.1 Å². The van der Waals surface area contributed by atoms with Crippen molar-refractivity contribution in [2.24, 2.45) is 5.73 Å².